The average molecular weight is 330 g/mol. The lowest BCUT2D eigenvalue weighted by Gasteiger charge is -2.14. The second-order valence-electron chi connectivity index (χ2n) is 5.51. The predicted octanol–water partition coefficient (Wildman–Crippen LogP) is 5.18. The van der Waals surface area contributed by atoms with Gasteiger partial charge in [0.25, 0.3) is 0 Å². The Labute approximate surface area is 141 Å². The van der Waals surface area contributed by atoms with Gasteiger partial charge in [0.1, 0.15) is 5.75 Å². The van der Waals surface area contributed by atoms with Gasteiger partial charge in [-0.3, -0.25) is 0 Å². The zero-order chi connectivity index (χ0) is 17.0. The Kier molecular flexibility index (Phi) is 5.72. The number of aryl methyl sites for hydroxylation is 2. The highest BCUT2D eigenvalue weighted by molar-refractivity contribution is 7.98. The monoisotopic (exact) mass is 330 g/mol. The first-order valence-corrected chi connectivity index (χ1v) is 8.86. The van der Waals surface area contributed by atoms with E-state index >= 15 is 0 Å². The van der Waals surface area contributed by atoms with E-state index in [2.05, 4.69) is 19.1 Å². The van der Waals surface area contributed by atoms with Crippen molar-refractivity contribution in [1.29, 1.82) is 0 Å². The molecule has 23 heavy (non-hydrogen) atoms. The Morgan fingerprint density at radius 2 is 1.78 bits per heavy atom. The molecule has 0 aromatic heterocycles. The smallest absolute Gasteiger partial charge is 0.336 e. The third kappa shape index (κ3) is 3.88. The molecule has 0 saturated carbocycles. The molecule has 0 spiro atoms. The molecule has 0 aliphatic carbocycles. The van der Waals surface area contributed by atoms with Crippen LogP contribution < -0.4 is 4.74 Å². The molecule has 122 valence electrons. The van der Waals surface area contributed by atoms with Crippen molar-refractivity contribution in [2.45, 2.75) is 32.1 Å². The molecular formula is C19H22O3S. The molecule has 0 fully saturated rings. The normalized spacial score (nSPS) is 10.6. The Morgan fingerprint density at radius 3 is 2.30 bits per heavy atom. The molecule has 0 aliphatic heterocycles. The first-order valence-electron chi connectivity index (χ1n) is 7.63. The number of carboxylic acid groups (broad SMARTS) is 1. The van der Waals surface area contributed by atoms with Crippen LogP contribution in [0.3, 0.4) is 0 Å². The van der Waals surface area contributed by atoms with Crippen molar-refractivity contribution < 1.29 is 14.6 Å². The SMILES string of the molecule is CCCOc1c(C)cc(-c2ccc(C(=O)O)c(SC)c2)cc1C. The number of benzene rings is 2. The van der Waals surface area contributed by atoms with Crippen LogP contribution in [-0.2, 0) is 0 Å². The van der Waals surface area contributed by atoms with Crippen LogP contribution in [-0.4, -0.2) is 23.9 Å². The highest BCUT2D eigenvalue weighted by Gasteiger charge is 2.12. The molecule has 0 amide bonds. The van der Waals surface area contributed by atoms with E-state index in [9.17, 15) is 9.90 Å². The van der Waals surface area contributed by atoms with Crippen LogP contribution >= 0.6 is 11.8 Å². The van der Waals surface area contributed by atoms with E-state index in [1.807, 2.05) is 32.2 Å². The van der Waals surface area contributed by atoms with E-state index in [4.69, 9.17) is 4.74 Å². The predicted molar refractivity (Wildman–Crippen MR) is 95.9 cm³/mol. The zero-order valence-electron chi connectivity index (χ0n) is 14.0. The van der Waals surface area contributed by atoms with Gasteiger partial charge >= 0.3 is 5.97 Å². The van der Waals surface area contributed by atoms with Crippen LogP contribution in [0.4, 0.5) is 0 Å². The van der Waals surface area contributed by atoms with Gasteiger partial charge in [0.05, 0.1) is 12.2 Å². The maximum Gasteiger partial charge on any atom is 0.336 e. The van der Waals surface area contributed by atoms with E-state index < -0.39 is 5.97 Å². The molecule has 0 aliphatic rings. The van der Waals surface area contributed by atoms with Crippen LogP contribution in [0.1, 0.15) is 34.8 Å². The summed E-state index contributed by atoms with van der Waals surface area (Å²) in [5.41, 5.74) is 4.64. The standard InChI is InChI=1S/C19H22O3S/c1-5-8-22-18-12(2)9-15(10-13(18)3)14-6-7-16(19(20)21)17(11-14)23-4/h6-7,9-11H,5,8H2,1-4H3,(H,20,21). The summed E-state index contributed by atoms with van der Waals surface area (Å²) >= 11 is 1.45. The minimum Gasteiger partial charge on any atom is -0.493 e. The van der Waals surface area contributed by atoms with Crippen molar-refractivity contribution in [1.82, 2.24) is 0 Å². The lowest BCUT2D eigenvalue weighted by Crippen LogP contribution is -2.00. The summed E-state index contributed by atoms with van der Waals surface area (Å²) in [5.74, 6) is 0.0550. The van der Waals surface area contributed by atoms with E-state index in [0.29, 0.717) is 12.2 Å². The van der Waals surface area contributed by atoms with Gasteiger partial charge in [0, 0.05) is 4.90 Å². The van der Waals surface area contributed by atoms with Gasteiger partial charge in [-0.15, -0.1) is 11.8 Å². The van der Waals surface area contributed by atoms with Crippen molar-refractivity contribution in [2.24, 2.45) is 0 Å². The summed E-state index contributed by atoms with van der Waals surface area (Å²) in [6.45, 7) is 6.89. The highest BCUT2D eigenvalue weighted by Crippen LogP contribution is 2.33. The van der Waals surface area contributed by atoms with Crippen molar-refractivity contribution in [3.8, 4) is 16.9 Å². The van der Waals surface area contributed by atoms with Gasteiger partial charge < -0.3 is 9.84 Å². The van der Waals surface area contributed by atoms with Gasteiger partial charge in [0.15, 0.2) is 0 Å². The Hall–Kier alpha value is -1.94. The lowest BCUT2D eigenvalue weighted by molar-refractivity contribution is 0.0693. The van der Waals surface area contributed by atoms with Crippen LogP contribution in [0.25, 0.3) is 11.1 Å². The van der Waals surface area contributed by atoms with Crippen molar-refractivity contribution in [2.75, 3.05) is 12.9 Å². The lowest BCUT2D eigenvalue weighted by atomic mass is 9.98. The maximum atomic E-state index is 11.3. The summed E-state index contributed by atoms with van der Waals surface area (Å²) in [5, 5.41) is 9.24. The number of rotatable bonds is 6. The highest BCUT2D eigenvalue weighted by atomic mass is 32.2. The summed E-state index contributed by atoms with van der Waals surface area (Å²) < 4.78 is 5.82. The minimum atomic E-state index is -0.892. The maximum absolute atomic E-state index is 11.3. The van der Waals surface area contributed by atoms with Crippen LogP contribution in [0, 0.1) is 13.8 Å². The van der Waals surface area contributed by atoms with Crippen molar-refractivity contribution in [3.05, 3.63) is 47.0 Å². The van der Waals surface area contributed by atoms with Gasteiger partial charge in [0.2, 0.25) is 0 Å². The molecule has 0 saturated heterocycles. The Balaban J connectivity index is 2.44. The number of ether oxygens (including phenoxy) is 1. The van der Waals surface area contributed by atoms with Crippen molar-refractivity contribution in [3.63, 3.8) is 0 Å². The molecule has 2 rings (SSSR count). The van der Waals surface area contributed by atoms with E-state index in [-0.39, 0.29) is 0 Å². The van der Waals surface area contributed by atoms with Crippen LogP contribution in [0.5, 0.6) is 5.75 Å². The van der Waals surface area contributed by atoms with Crippen LogP contribution in [0.2, 0.25) is 0 Å². The quantitative estimate of drug-likeness (QED) is 0.741. The summed E-state index contributed by atoms with van der Waals surface area (Å²) in [7, 11) is 0. The average Bonchev–Trinajstić information content (AvgIpc) is 2.53. The summed E-state index contributed by atoms with van der Waals surface area (Å²) in [6.07, 6.45) is 2.87. The molecular weight excluding hydrogens is 308 g/mol. The van der Waals surface area contributed by atoms with Gasteiger partial charge in [-0.2, -0.15) is 0 Å². The number of carbonyl (C=O) groups is 1. The molecule has 0 radical (unpaired) electrons. The molecule has 4 heteroatoms. The fraction of sp³-hybridized carbons (Fsp3) is 0.316. The first-order chi connectivity index (χ1) is 11.0. The molecule has 0 heterocycles. The molecule has 0 bridgehead atoms. The molecule has 2 aromatic rings. The molecule has 3 nitrogen and oxygen atoms in total. The second-order valence-corrected chi connectivity index (χ2v) is 6.36. The van der Waals surface area contributed by atoms with Gasteiger partial charge in [-0.05, 0) is 73.0 Å². The van der Waals surface area contributed by atoms with Crippen LogP contribution in [0.15, 0.2) is 35.2 Å². The largest absolute Gasteiger partial charge is 0.493 e. The number of aromatic carboxylic acids is 1. The summed E-state index contributed by atoms with van der Waals surface area (Å²) in [6, 6.07) is 9.67. The molecule has 0 unspecified atom stereocenters. The number of carboxylic acids is 1. The number of hydrogen-bond donors (Lipinski definition) is 1. The second kappa shape index (κ2) is 7.55. The van der Waals surface area contributed by atoms with Gasteiger partial charge in [-0.1, -0.05) is 13.0 Å². The van der Waals surface area contributed by atoms with E-state index in [1.165, 1.54) is 11.8 Å². The van der Waals surface area contributed by atoms with Gasteiger partial charge in [-0.25, -0.2) is 4.79 Å². The van der Waals surface area contributed by atoms with E-state index in [0.717, 1.165) is 39.3 Å². The first kappa shape index (κ1) is 17.4. The molecule has 0 atom stereocenters. The fourth-order valence-corrected chi connectivity index (χ4v) is 3.22. The van der Waals surface area contributed by atoms with Crippen molar-refractivity contribution >= 4 is 17.7 Å². The topological polar surface area (TPSA) is 46.5 Å². The molecule has 1 N–H and O–H groups in total. The Morgan fingerprint density at radius 1 is 1.13 bits per heavy atom. The minimum absolute atomic E-state index is 0.345. The number of thioether (sulfide) groups is 1. The van der Waals surface area contributed by atoms with E-state index in [1.54, 1.807) is 6.07 Å². The zero-order valence-corrected chi connectivity index (χ0v) is 14.8. The summed E-state index contributed by atoms with van der Waals surface area (Å²) in [4.78, 5) is 12.0. The third-order valence-corrected chi connectivity index (χ3v) is 4.45. The third-order valence-electron chi connectivity index (χ3n) is 3.68. The Bertz CT molecular complexity index is 700. The molecule has 2 aromatic carbocycles. The number of hydrogen-bond acceptors (Lipinski definition) is 3. The fourth-order valence-electron chi connectivity index (χ4n) is 2.60.